The Bertz CT molecular complexity index is 590. The largest absolute Gasteiger partial charge is 0.379 e. The van der Waals surface area contributed by atoms with Gasteiger partial charge in [0.25, 0.3) is 0 Å². The standard InChI is InChI=1S/C20H31BrN4O2/c1-22-20(23-9-2-11-27-19-8-12-26-15-19)24-13-16-7-10-25(14-16)18-5-3-17(21)4-6-18/h3-6,16,19H,2,7-15H2,1H3,(H2,22,23,24). The van der Waals surface area contributed by atoms with Gasteiger partial charge in [0.15, 0.2) is 5.96 Å². The van der Waals surface area contributed by atoms with E-state index in [0.717, 1.165) is 69.3 Å². The molecule has 0 spiro atoms. The van der Waals surface area contributed by atoms with Crippen LogP contribution in [0, 0.1) is 5.92 Å². The fourth-order valence-corrected chi connectivity index (χ4v) is 3.78. The maximum atomic E-state index is 5.79. The second-order valence-electron chi connectivity index (χ2n) is 7.17. The Morgan fingerprint density at radius 3 is 2.89 bits per heavy atom. The average molecular weight is 439 g/mol. The fourth-order valence-electron chi connectivity index (χ4n) is 3.52. The Labute approximate surface area is 170 Å². The van der Waals surface area contributed by atoms with Gasteiger partial charge in [-0.2, -0.15) is 0 Å². The number of hydrogen-bond acceptors (Lipinski definition) is 4. The van der Waals surface area contributed by atoms with Gasteiger partial charge in [0.1, 0.15) is 0 Å². The Morgan fingerprint density at radius 1 is 1.30 bits per heavy atom. The van der Waals surface area contributed by atoms with Gasteiger partial charge in [0, 0.05) is 56.6 Å². The summed E-state index contributed by atoms with van der Waals surface area (Å²) in [4.78, 5) is 6.78. The summed E-state index contributed by atoms with van der Waals surface area (Å²) >= 11 is 3.50. The van der Waals surface area contributed by atoms with Crippen molar-refractivity contribution in [1.29, 1.82) is 0 Å². The van der Waals surface area contributed by atoms with Crippen molar-refractivity contribution in [3.63, 3.8) is 0 Å². The molecule has 1 aromatic carbocycles. The van der Waals surface area contributed by atoms with Crippen molar-refractivity contribution in [3.8, 4) is 0 Å². The molecule has 0 bridgehead atoms. The van der Waals surface area contributed by atoms with Crippen LogP contribution in [0.2, 0.25) is 0 Å². The number of anilines is 1. The van der Waals surface area contributed by atoms with E-state index in [0.29, 0.717) is 12.0 Å². The van der Waals surface area contributed by atoms with Gasteiger partial charge in [-0.15, -0.1) is 0 Å². The van der Waals surface area contributed by atoms with E-state index < -0.39 is 0 Å². The van der Waals surface area contributed by atoms with E-state index in [1.165, 1.54) is 12.1 Å². The molecular formula is C20H31BrN4O2. The van der Waals surface area contributed by atoms with Gasteiger partial charge in [-0.25, -0.2) is 0 Å². The van der Waals surface area contributed by atoms with E-state index in [4.69, 9.17) is 9.47 Å². The lowest BCUT2D eigenvalue weighted by Gasteiger charge is -2.19. The Kier molecular flexibility index (Phi) is 8.23. The molecule has 0 aromatic heterocycles. The molecule has 0 amide bonds. The van der Waals surface area contributed by atoms with Crippen LogP contribution in [0.25, 0.3) is 0 Å². The Morgan fingerprint density at radius 2 is 2.15 bits per heavy atom. The first kappa shape index (κ1) is 20.4. The van der Waals surface area contributed by atoms with Crippen molar-refractivity contribution in [3.05, 3.63) is 28.7 Å². The first-order chi connectivity index (χ1) is 13.2. The number of nitrogens with zero attached hydrogens (tertiary/aromatic N) is 2. The predicted molar refractivity (Wildman–Crippen MR) is 114 cm³/mol. The molecule has 0 radical (unpaired) electrons. The molecule has 2 saturated heterocycles. The minimum Gasteiger partial charge on any atom is -0.379 e. The number of halogens is 1. The summed E-state index contributed by atoms with van der Waals surface area (Å²) in [5.74, 6) is 1.51. The van der Waals surface area contributed by atoms with Crippen LogP contribution in [0.15, 0.2) is 33.7 Å². The summed E-state index contributed by atoms with van der Waals surface area (Å²) in [6.45, 7) is 6.36. The van der Waals surface area contributed by atoms with Crippen molar-refractivity contribution in [2.75, 3.05) is 57.9 Å². The molecule has 7 heteroatoms. The zero-order valence-corrected chi connectivity index (χ0v) is 17.7. The van der Waals surface area contributed by atoms with E-state index in [1.54, 1.807) is 0 Å². The number of benzene rings is 1. The minimum absolute atomic E-state index is 0.290. The van der Waals surface area contributed by atoms with E-state index >= 15 is 0 Å². The lowest BCUT2D eigenvalue weighted by molar-refractivity contribution is 0.0420. The van der Waals surface area contributed by atoms with Gasteiger partial charge in [-0.3, -0.25) is 4.99 Å². The minimum atomic E-state index is 0.290. The highest BCUT2D eigenvalue weighted by molar-refractivity contribution is 9.10. The molecule has 2 aliphatic heterocycles. The Balaban J connectivity index is 1.29. The smallest absolute Gasteiger partial charge is 0.190 e. The van der Waals surface area contributed by atoms with Crippen molar-refractivity contribution in [2.24, 2.45) is 10.9 Å². The maximum Gasteiger partial charge on any atom is 0.190 e. The van der Waals surface area contributed by atoms with E-state index in [1.807, 2.05) is 7.05 Å². The third kappa shape index (κ3) is 6.66. The summed E-state index contributed by atoms with van der Waals surface area (Å²) < 4.78 is 12.2. The lowest BCUT2D eigenvalue weighted by Crippen LogP contribution is -2.40. The number of guanidine groups is 1. The highest BCUT2D eigenvalue weighted by Crippen LogP contribution is 2.24. The second-order valence-corrected chi connectivity index (χ2v) is 8.08. The third-order valence-corrected chi connectivity index (χ3v) is 5.64. The van der Waals surface area contributed by atoms with Crippen molar-refractivity contribution in [1.82, 2.24) is 10.6 Å². The molecule has 2 heterocycles. The van der Waals surface area contributed by atoms with Gasteiger partial charge in [0.05, 0.1) is 12.7 Å². The summed E-state index contributed by atoms with van der Waals surface area (Å²) in [6.07, 6.45) is 3.49. The van der Waals surface area contributed by atoms with Crippen LogP contribution < -0.4 is 15.5 Å². The number of ether oxygens (including phenoxy) is 2. The van der Waals surface area contributed by atoms with Crippen LogP contribution in [-0.2, 0) is 9.47 Å². The fraction of sp³-hybridized carbons (Fsp3) is 0.650. The molecule has 0 saturated carbocycles. The molecule has 2 aliphatic rings. The van der Waals surface area contributed by atoms with Crippen LogP contribution in [-0.4, -0.2) is 65.1 Å². The topological polar surface area (TPSA) is 58.1 Å². The molecule has 2 unspecified atom stereocenters. The van der Waals surface area contributed by atoms with Crippen LogP contribution in [0.1, 0.15) is 19.3 Å². The second kappa shape index (κ2) is 10.9. The highest BCUT2D eigenvalue weighted by Gasteiger charge is 2.22. The first-order valence-corrected chi connectivity index (χ1v) is 10.7. The van der Waals surface area contributed by atoms with E-state index in [9.17, 15) is 0 Å². The van der Waals surface area contributed by atoms with E-state index in [-0.39, 0.29) is 0 Å². The zero-order chi connectivity index (χ0) is 18.9. The summed E-state index contributed by atoms with van der Waals surface area (Å²) in [6, 6.07) is 8.58. The summed E-state index contributed by atoms with van der Waals surface area (Å²) in [7, 11) is 1.82. The molecule has 1 aromatic rings. The molecule has 2 N–H and O–H groups in total. The Hall–Kier alpha value is -1.31. The number of rotatable bonds is 8. The SMILES string of the molecule is CN=C(NCCCOC1CCOC1)NCC1CCN(c2ccc(Br)cc2)C1. The summed E-state index contributed by atoms with van der Waals surface area (Å²) in [5, 5.41) is 6.85. The third-order valence-electron chi connectivity index (χ3n) is 5.11. The van der Waals surface area contributed by atoms with Gasteiger partial charge < -0.3 is 25.0 Å². The molecule has 27 heavy (non-hydrogen) atoms. The summed E-state index contributed by atoms with van der Waals surface area (Å²) in [5.41, 5.74) is 1.30. The molecular weight excluding hydrogens is 408 g/mol. The molecule has 0 aliphatic carbocycles. The predicted octanol–water partition coefficient (Wildman–Crippen LogP) is 2.64. The van der Waals surface area contributed by atoms with E-state index in [2.05, 4.69) is 60.7 Å². The zero-order valence-electron chi connectivity index (χ0n) is 16.1. The lowest BCUT2D eigenvalue weighted by atomic mass is 10.1. The van der Waals surface area contributed by atoms with Crippen LogP contribution in [0.5, 0.6) is 0 Å². The first-order valence-electron chi connectivity index (χ1n) is 9.89. The molecule has 2 atom stereocenters. The number of aliphatic imine (C=N–C) groups is 1. The van der Waals surface area contributed by atoms with Crippen LogP contribution in [0.3, 0.4) is 0 Å². The van der Waals surface area contributed by atoms with Gasteiger partial charge in [-0.1, -0.05) is 15.9 Å². The number of nitrogens with one attached hydrogen (secondary N) is 2. The monoisotopic (exact) mass is 438 g/mol. The van der Waals surface area contributed by atoms with Gasteiger partial charge in [-0.05, 0) is 49.4 Å². The molecule has 6 nitrogen and oxygen atoms in total. The molecule has 150 valence electrons. The normalized spacial score (nSPS) is 23.0. The van der Waals surface area contributed by atoms with Gasteiger partial charge in [0.2, 0.25) is 0 Å². The highest BCUT2D eigenvalue weighted by atomic mass is 79.9. The quantitative estimate of drug-likeness (QED) is 0.371. The molecule has 3 rings (SSSR count). The number of hydrogen-bond donors (Lipinski definition) is 2. The maximum absolute atomic E-state index is 5.79. The van der Waals surface area contributed by atoms with Crippen molar-refractivity contribution < 1.29 is 9.47 Å². The average Bonchev–Trinajstić information content (AvgIpc) is 3.36. The van der Waals surface area contributed by atoms with Crippen molar-refractivity contribution in [2.45, 2.75) is 25.4 Å². The van der Waals surface area contributed by atoms with Crippen molar-refractivity contribution >= 4 is 27.6 Å². The van der Waals surface area contributed by atoms with Gasteiger partial charge >= 0.3 is 0 Å². The van der Waals surface area contributed by atoms with Crippen LogP contribution >= 0.6 is 15.9 Å². The van der Waals surface area contributed by atoms with Crippen LogP contribution in [0.4, 0.5) is 5.69 Å². The molecule has 2 fully saturated rings.